The van der Waals surface area contributed by atoms with Gasteiger partial charge in [-0.05, 0) is 50.3 Å². The van der Waals surface area contributed by atoms with Crippen molar-refractivity contribution >= 4 is 23.2 Å². The number of amides is 2. The topological polar surface area (TPSA) is 74.3 Å². The van der Waals surface area contributed by atoms with Crippen molar-refractivity contribution in [3.05, 3.63) is 41.0 Å². The van der Waals surface area contributed by atoms with Crippen molar-refractivity contribution < 1.29 is 9.59 Å². The van der Waals surface area contributed by atoms with Crippen molar-refractivity contribution in [2.45, 2.75) is 93.3 Å². The molecule has 7 heteroatoms. The molecule has 1 saturated heterocycles. The highest BCUT2D eigenvalue weighted by Crippen LogP contribution is 2.29. The van der Waals surface area contributed by atoms with Gasteiger partial charge in [0.15, 0.2) is 0 Å². The molecule has 1 aromatic heterocycles. The van der Waals surface area contributed by atoms with E-state index in [1.54, 1.807) is 23.3 Å². The number of nitrogens with one attached hydrogen (secondary N) is 2. The molecule has 0 saturated carbocycles. The summed E-state index contributed by atoms with van der Waals surface area (Å²) in [6.07, 6.45) is 1.55. The first kappa shape index (κ1) is 30.8. The van der Waals surface area contributed by atoms with Gasteiger partial charge in [0.1, 0.15) is 6.04 Å². The first-order valence-corrected chi connectivity index (χ1v) is 13.8. The molecule has 0 spiro atoms. The van der Waals surface area contributed by atoms with Crippen LogP contribution in [-0.4, -0.2) is 47.4 Å². The predicted molar refractivity (Wildman–Crippen MR) is 149 cm³/mol. The summed E-state index contributed by atoms with van der Waals surface area (Å²) in [7, 11) is 1.80. The molecule has 0 bridgehead atoms. The second kappa shape index (κ2) is 14.3. The normalized spacial score (nSPS) is 16.9. The number of likely N-dealkylation sites (N-methyl/N-ethyl adjacent to an activating group) is 1. The van der Waals surface area contributed by atoms with Crippen LogP contribution in [0.3, 0.4) is 0 Å². The molecule has 2 amide bonds. The number of rotatable bonds is 6. The van der Waals surface area contributed by atoms with Gasteiger partial charge in [0.2, 0.25) is 11.8 Å². The summed E-state index contributed by atoms with van der Waals surface area (Å²) in [5, 5.41) is 6.26. The fraction of sp³-hybridized carbons (Fsp3) is 0.607. The van der Waals surface area contributed by atoms with Crippen molar-refractivity contribution in [3.8, 4) is 10.4 Å². The maximum atomic E-state index is 13.2. The van der Waals surface area contributed by atoms with E-state index in [1.807, 2.05) is 80.0 Å². The third kappa shape index (κ3) is 7.87. The molecule has 3 unspecified atom stereocenters. The maximum Gasteiger partial charge on any atom is 0.243 e. The largest absolute Gasteiger partial charge is 0.348 e. The number of carbonyl (C=O) groups excluding carboxylic acids is 2. The number of carbonyl (C=O) groups is 2. The average molecular weight is 503 g/mol. The highest BCUT2D eigenvalue weighted by atomic mass is 32.1. The standard InChI is InChI=1S/C24H34N4O2S.2C2H6/c1-15(17-9-11-18(12-10-17)20-16(2)26-14-31-20)27-22(29)19-8-7-13-28(19)23(30)21(25-6)24(3,4)5;2*1-2/h9-12,14-15,19,21,25H,7-8,13H2,1-6H3,(H,27,29);2*1-2H3. The monoisotopic (exact) mass is 502 g/mol. The van der Waals surface area contributed by atoms with Crippen molar-refractivity contribution in [2.75, 3.05) is 13.6 Å². The van der Waals surface area contributed by atoms with E-state index in [-0.39, 0.29) is 29.3 Å². The van der Waals surface area contributed by atoms with E-state index in [2.05, 4.69) is 27.8 Å². The quantitative estimate of drug-likeness (QED) is 0.510. The molecule has 0 aliphatic carbocycles. The maximum absolute atomic E-state index is 13.2. The number of benzene rings is 1. The Morgan fingerprint density at radius 3 is 2.20 bits per heavy atom. The zero-order chi connectivity index (χ0) is 26.8. The molecule has 0 radical (unpaired) electrons. The van der Waals surface area contributed by atoms with Gasteiger partial charge in [-0.25, -0.2) is 4.98 Å². The van der Waals surface area contributed by atoms with Crippen molar-refractivity contribution in [3.63, 3.8) is 0 Å². The first-order valence-electron chi connectivity index (χ1n) is 12.9. The number of hydrogen-bond donors (Lipinski definition) is 2. The molecule has 35 heavy (non-hydrogen) atoms. The van der Waals surface area contributed by atoms with Crippen LogP contribution in [0.2, 0.25) is 0 Å². The summed E-state index contributed by atoms with van der Waals surface area (Å²) in [4.78, 5) is 33.5. The second-order valence-corrected chi connectivity index (χ2v) is 10.3. The molecule has 3 rings (SSSR count). The van der Waals surface area contributed by atoms with Crippen molar-refractivity contribution in [1.29, 1.82) is 0 Å². The van der Waals surface area contributed by atoms with Gasteiger partial charge in [-0.3, -0.25) is 9.59 Å². The molecule has 1 fully saturated rings. The fourth-order valence-electron chi connectivity index (χ4n) is 4.29. The lowest BCUT2D eigenvalue weighted by Gasteiger charge is -2.35. The Hall–Kier alpha value is -2.25. The van der Waals surface area contributed by atoms with E-state index >= 15 is 0 Å². The Morgan fingerprint density at radius 1 is 1.11 bits per heavy atom. The van der Waals surface area contributed by atoms with Gasteiger partial charge in [-0.15, -0.1) is 11.3 Å². The average Bonchev–Trinajstić information content (AvgIpc) is 3.50. The molecule has 1 aromatic carbocycles. The Bertz CT molecular complexity index is 918. The zero-order valence-corrected chi connectivity index (χ0v) is 24.2. The van der Waals surface area contributed by atoms with Crippen LogP contribution in [0.5, 0.6) is 0 Å². The SMILES string of the molecule is CC.CC.CNC(C(=O)N1CCCC1C(=O)NC(C)c1ccc(-c2scnc2C)cc1)C(C)(C)C. The molecule has 3 atom stereocenters. The fourth-order valence-corrected chi connectivity index (χ4v) is 5.10. The lowest BCUT2D eigenvalue weighted by atomic mass is 9.86. The van der Waals surface area contributed by atoms with Crippen LogP contribution >= 0.6 is 11.3 Å². The van der Waals surface area contributed by atoms with Crippen LogP contribution in [0.1, 0.15) is 85.5 Å². The molecular weight excluding hydrogens is 456 g/mol. The molecule has 2 aromatic rings. The summed E-state index contributed by atoms with van der Waals surface area (Å²) in [6, 6.07) is 7.38. The van der Waals surface area contributed by atoms with Crippen molar-refractivity contribution in [2.24, 2.45) is 5.41 Å². The van der Waals surface area contributed by atoms with Gasteiger partial charge < -0.3 is 15.5 Å². The molecular formula is C28H46N4O2S. The number of likely N-dealkylation sites (tertiary alicyclic amines) is 1. The van der Waals surface area contributed by atoms with E-state index in [0.29, 0.717) is 13.0 Å². The van der Waals surface area contributed by atoms with E-state index in [1.165, 1.54) is 4.88 Å². The van der Waals surface area contributed by atoms with Crippen molar-refractivity contribution in [1.82, 2.24) is 20.5 Å². The minimum absolute atomic E-state index is 0.00424. The minimum Gasteiger partial charge on any atom is -0.348 e. The molecule has 6 nitrogen and oxygen atoms in total. The molecule has 2 N–H and O–H groups in total. The van der Waals surface area contributed by atoms with E-state index < -0.39 is 6.04 Å². The van der Waals surface area contributed by atoms with Crippen LogP contribution in [0, 0.1) is 12.3 Å². The Balaban J connectivity index is 0.00000145. The third-order valence-electron chi connectivity index (χ3n) is 6.02. The highest BCUT2D eigenvalue weighted by Gasteiger charge is 2.40. The summed E-state index contributed by atoms with van der Waals surface area (Å²) in [5.41, 5.74) is 4.84. The minimum atomic E-state index is -0.410. The van der Waals surface area contributed by atoms with E-state index in [0.717, 1.165) is 23.2 Å². The van der Waals surface area contributed by atoms with Gasteiger partial charge in [-0.2, -0.15) is 0 Å². The van der Waals surface area contributed by atoms with Crippen LogP contribution in [0.15, 0.2) is 29.8 Å². The lowest BCUT2D eigenvalue weighted by Crippen LogP contribution is -2.55. The van der Waals surface area contributed by atoms with Crippen LogP contribution in [0.4, 0.5) is 0 Å². The smallest absolute Gasteiger partial charge is 0.243 e. The molecule has 2 heterocycles. The number of aromatic nitrogens is 1. The Kier molecular flexibility index (Phi) is 12.6. The van der Waals surface area contributed by atoms with Gasteiger partial charge in [-0.1, -0.05) is 72.7 Å². The third-order valence-corrected chi connectivity index (χ3v) is 6.99. The highest BCUT2D eigenvalue weighted by molar-refractivity contribution is 7.13. The Morgan fingerprint density at radius 2 is 1.71 bits per heavy atom. The Labute approximate surface area is 216 Å². The van der Waals surface area contributed by atoms with Crippen LogP contribution in [-0.2, 0) is 9.59 Å². The van der Waals surface area contributed by atoms with Gasteiger partial charge in [0.05, 0.1) is 28.2 Å². The lowest BCUT2D eigenvalue weighted by molar-refractivity contribution is -0.142. The van der Waals surface area contributed by atoms with Crippen LogP contribution < -0.4 is 10.6 Å². The number of nitrogens with zero attached hydrogens (tertiary/aromatic N) is 2. The zero-order valence-electron chi connectivity index (χ0n) is 23.4. The summed E-state index contributed by atoms with van der Waals surface area (Å²) in [5.74, 6) is -0.0749. The van der Waals surface area contributed by atoms with Gasteiger partial charge in [0, 0.05) is 6.54 Å². The van der Waals surface area contributed by atoms with E-state index in [4.69, 9.17) is 0 Å². The summed E-state index contributed by atoms with van der Waals surface area (Å²) < 4.78 is 0. The summed E-state index contributed by atoms with van der Waals surface area (Å²) in [6.45, 7) is 18.7. The first-order chi connectivity index (χ1) is 16.6. The van der Waals surface area contributed by atoms with Gasteiger partial charge >= 0.3 is 0 Å². The number of hydrogen-bond acceptors (Lipinski definition) is 5. The summed E-state index contributed by atoms with van der Waals surface area (Å²) >= 11 is 1.63. The number of aryl methyl sites for hydroxylation is 1. The second-order valence-electron chi connectivity index (χ2n) is 9.40. The molecule has 1 aliphatic rings. The molecule has 1 aliphatic heterocycles. The van der Waals surface area contributed by atoms with E-state index in [9.17, 15) is 9.59 Å². The van der Waals surface area contributed by atoms with Crippen LogP contribution in [0.25, 0.3) is 10.4 Å². The number of thiazole rings is 1. The molecule has 196 valence electrons. The van der Waals surface area contributed by atoms with Gasteiger partial charge in [0.25, 0.3) is 0 Å². The predicted octanol–water partition coefficient (Wildman–Crippen LogP) is 5.97.